The number of rotatable bonds is 9. The van der Waals surface area contributed by atoms with Crippen molar-refractivity contribution in [3.8, 4) is 0 Å². The van der Waals surface area contributed by atoms with Crippen molar-refractivity contribution in [1.82, 2.24) is 15.1 Å². The fourth-order valence-electron chi connectivity index (χ4n) is 3.10. The lowest BCUT2D eigenvalue weighted by molar-refractivity contribution is -0.0472. The van der Waals surface area contributed by atoms with Gasteiger partial charge in [0.15, 0.2) is 0 Å². The van der Waals surface area contributed by atoms with Gasteiger partial charge in [-0.15, -0.1) is 0 Å². The second-order valence-electron chi connectivity index (χ2n) is 5.47. The summed E-state index contributed by atoms with van der Waals surface area (Å²) in [6.45, 7) is 9.48. The van der Waals surface area contributed by atoms with Gasteiger partial charge in [-0.05, 0) is 25.8 Å². The molecule has 0 fully saturated rings. The summed E-state index contributed by atoms with van der Waals surface area (Å²) in [5.41, 5.74) is 1.89. The third-order valence-electron chi connectivity index (χ3n) is 4.59. The topological polar surface area (TPSA) is 39.1 Å². The molecule has 0 aliphatic heterocycles. The summed E-state index contributed by atoms with van der Waals surface area (Å²) >= 11 is 6.50. The van der Waals surface area contributed by atoms with E-state index in [9.17, 15) is 0 Å². The largest absolute Gasteiger partial charge is 0.377 e. The lowest BCUT2D eigenvalue weighted by Crippen LogP contribution is -2.53. The van der Waals surface area contributed by atoms with Gasteiger partial charge in [-0.1, -0.05) is 39.3 Å². The van der Waals surface area contributed by atoms with E-state index in [0.29, 0.717) is 0 Å². The maximum Gasteiger partial charge on any atom is 0.0850 e. The second-order valence-corrected chi connectivity index (χ2v) is 5.85. The van der Waals surface area contributed by atoms with E-state index in [1.54, 1.807) is 7.11 Å². The third kappa shape index (κ3) is 3.79. The molecule has 1 N–H and O–H groups in total. The second kappa shape index (κ2) is 8.16. The third-order valence-corrected chi connectivity index (χ3v) is 5.03. The van der Waals surface area contributed by atoms with E-state index >= 15 is 0 Å². The summed E-state index contributed by atoms with van der Waals surface area (Å²) in [6.07, 6.45) is 3.61. The highest BCUT2D eigenvalue weighted by Gasteiger charge is 2.36. The van der Waals surface area contributed by atoms with Crippen molar-refractivity contribution in [3.05, 3.63) is 16.4 Å². The highest BCUT2D eigenvalue weighted by Crippen LogP contribution is 2.29. The van der Waals surface area contributed by atoms with Crippen molar-refractivity contribution in [3.63, 3.8) is 0 Å². The van der Waals surface area contributed by atoms with Gasteiger partial charge in [0.1, 0.15) is 0 Å². The number of hydrogen-bond acceptors (Lipinski definition) is 3. The molecule has 1 aromatic heterocycles. The first kappa shape index (κ1) is 18.5. The summed E-state index contributed by atoms with van der Waals surface area (Å²) in [5.74, 6) is 0. The minimum Gasteiger partial charge on any atom is -0.377 e. The fraction of sp³-hybridized carbons (Fsp3) is 0.812. The molecule has 0 spiro atoms. The van der Waals surface area contributed by atoms with E-state index in [0.717, 1.165) is 48.6 Å². The minimum absolute atomic E-state index is 0.171. The van der Waals surface area contributed by atoms with Crippen LogP contribution in [-0.2, 0) is 24.6 Å². The predicted octanol–water partition coefficient (Wildman–Crippen LogP) is 3.36. The predicted molar refractivity (Wildman–Crippen MR) is 89.1 cm³/mol. The first-order valence-electron chi connectivity index (χ1n) is 7.98. The van der Waals surface area contributed by atoms with E-state index in [2.05, 4.69) is 38.1 Å². The Morgan fingerprint density at radius 3 is 2.29 bits per heavy atom. The molecule has 122 valence electrons. The maximum absolute atomic E-state index is 6.50. The molecular formula is C16H30ClN3O. The number of ether oxygens (including phenoxy) is 1. The molecule has 1 rings (SSSR count). The van der Waals surface area contributed by atoms with Crippen LogP contribution in [-0.4, -0.2) is 35.1 Å². The molecule has 0 bridgehead atoms. The van der Waals surface area contributed by atoms with Crippen LogP contribution in [0.1, 0.15) is 51.9 Å². The average Bonchev–Trinajstić information content (AvgIpc) is 2.77. The first-order chi connectivity index (χ1) is 9.99. The van der Waals surface area contributed by atoms with Gasteiger partial charge in [-0.3, -0.25) is 4.68 Å². The van der Waals surface area contributed by atoms with Crippen LogP contribution in [0.15, 0.2) is 0 Å². The van der Waals surface area contributed by atoms with Crippen molar-refractivity contribution < 1.29 is 4.74 Å². The Labute approximate surface area is 134 Å². The number of aromatic nitrogens is 2. The molecule has 0 saturated heterocycles. The molecule has 0 aliphatic rings. The van der Waals surface area contributed by atoms with Crippen LogP contribution in [0, 0.1) is 0 Å². The summed E-state index contributed by atoms with van der Waals surface area (Å²) < 4.78 is 7.81. The van der Waals surface area contributed by atoms with Crippen LogP contribution < -0.4 is 5.32 Å². The van der Waals surface area contributed by atoms with Crippen molar-refractivity contribution in [2.45, 2.75) is 65.0 Å². The molecule has 1 heterocycles. The van der Waals surface area contributed by atoms with Gasteiger partial charge < -0.3 is 10.1 Å². The maximum atomic E-state index is 6.50. The van der Waals surface area contributed by atoms with Gasteiger partial charge in [0.25, 0.3) is 0 Å². The Hall–Kier alpha value is -0.580. The van der Waals surface area contributed by atoms with Crippen molar-refractivity contribution in [1.29, 1.82) is 0 Å². The van der Waals surface area contributed by atoms with E-state index in [1.807, 2.05) is 11.7 Å². The number of nitrogens with one attached hydrogen (secondary N) is 1. The Kier molecular flexibility index (Phi) is 7.17. The van der Waals surface area contributed by atoms with Crippen molar-refractivity contribution >= 4 is 11.6 Å². The van der Waals surface area contributed by atoms with Crippen LogP contribution in [0.2, 0.25) is 5.02 Å². The fourth-order valence-corrected chi connectivity index (χ4v) is 3.47. The van der Waals surface area contributed by atoms with Crippen LogP contribution in [0.3, 0.4) is 0 Å². The molecule has 1 atom stereocenters. The standard InChI is InChI=1S/C16H30ClN3O/c1-7-12-15(17)13(20(5)19-12)11-14(18-10-4)16(8-2,9-3)21-6/h14,18H,7-11H2,1-6H3. The molecule has 1 aromatic rings. The molecule has 0 saturated carbocycles. The zero-order valence-electron chi connectivity index (χ0n) is 14.3. The Balaban J connectivity index is 3.11. The lowest BCUT2D eigenvalue weighted by atomic mass is 9.85. The molecule has 0 aliphatic carbocycles. The lowest BCUT2D eigenvalue weighted by Gasteiger charge is -2.39. The molecule has 4 nitrogen and oxygen atoms in total. The Bertz CT molecular complexity index is 433. The Morgan fingerprint density at radius 1 is 1.29 bits per heavy atom. The first-order valence-corrected chi connectivity index (χ1v) is 8.36. The van der Waals surface area contributed by atoms with Crippen LogP contribution in [0.5, 0.6) is 0 Å². The summed E-state index contributed by atoms with van der Waals surface area (Å²) in [5, 5.41) is 8.90. The molecule has 0 radical (unpaired) electrons. The molecule has 5 heteroatoms. The number of halogens is 1. The molecule has 0 amide bonds. The van der Waals surface area contributed by atoms with E-state index < -0.39 is 0 Å². The number of aryl methyl sites for hydroxylation is 2. The van der Waals surface area contributed by atoms with Gasteiger partial charge in [-0.25, -0.2) is 0 Å². The van der Waals surface area contributed by atoms with Gasteiger partial charge in [0.2, 0.25) is 0 Å². The summed E-state index contributed by atoms with van der Waals surface area (Å²) in [6, 6.07) is 0.222. The average molecular weight is 316 g/mol. The summed E-state index contributed by atoms with van der Waals surface area (Å²) in [7, 11) is 3.77. The SMILES string of the molecule is CCNC(Cc1c(Cl)c(CC)nn1C)C(CC)(CC)OC. The van der Waals surface area contributed by atoms with Gasteiger partial charge >= 0.3 is 0 Å². The van der Waals surface area contributed by atoms with E-state index in [1.165, 1.54) is 0 Å². The smallest absolute Gasteiger partial charge is 0.0850 e. The molecule has 0 aromatic carbocycles. The van der Waals surface area contributed by atoms with Crippen LogP contribution >= 0.6 is 11.6 Å². The summed E-state index contributed by atoms with van der Waals surface area (Å²) in [4.78, 5) is 0. The number of likely N-dealkylation sites (N-methyl/N-ethyl adjacent to an activating group) is 1. The minimum atomic E-state index is -0.171. The van der Waals surface area contributed by atoms with E-state index in [-0.39, 0.29) is 11.6 Å². The number of hydrogen-bond donors (Lipinski definition) is 1. The van der Waals surface area contributed by atoms with Gasteiger partial charge in [0, 0.05) is 26.6 Å². The molecular weight excluding hydrogens is 286 g/mol. The highest BCUT2D eigenvalue weighted by atomic mass is 35.5. The zero-order chi connectivity index (χ0) is 16.0. The van der Waals surface area contributed by atoms with Crippen molar-refractivity contribution in [2.24, 2.45) is 7.05 Å². The molecule has 1 unspecified atom stereocenters. The van der Waals surface area contributed by atoms with Gasteiger partial charge in [-0.2, -0.15) is 5.10 Å². The van der Waals surface area contributed by atoms with Crippen molar-refractivity contribution in [2.75, 3.05) is 13.7 Å². The monoisotopic (exact) mass is 315 g/mol. The van der Waals surface area contributed by atoms with Crippen LogP contribution in [0.4, 0.5) is 0 Å². The zero-order valence-corrected chi connectivity index (χ0v) is 15.0. The number of nitrogens with zero attached hydrogens (tertiary/aromatic N) is 2. The van der Waals surface area contributed by atoms with Gasteiger partial charge in [0.05, 0.1) is 22.0 Å². The quantitative estimate of drug-likeness (QED) is 0.759. The number of methoxy groups -OCH3 is 1. The normalized spacial score (nSPS) is 13.7. The Morgan fingerprint density at radius 2 is 1.90 bits per heavy atom. The van der Waals surface area contributed by atoms with E-state index in [4.69, 9.17) is 16.3 Å². The highest BCUT2D eigenvalue weighted by molar-refractivity contribution is 6.31. The van der Waals surface area contributed by atoms with Crippen LogP contribution in [0.25, 0.3) is 0 Å². The molecule has 21 heavy (non-hydrogen) atoms.